The van der Waals surface area contributed by atoms with Gasteiger partial charge >= 0.3 is 0 Å². The van der Waals surface area contributed by atoms with Gasteiger partial charge in [0.05, 0.1) is 0 Å². The van der Waals surface area contributed by atoms with E-state index in [9.17, 15) is 0 Å². The van der Waals surface area contributed by atoms with Crippen molar-refractivity contribution >= 4 is 0 Å². The van der Waals surface area contributed by atoms with Crippen LogP contribution in [0.25, 0.3) is 0 Å². The lowest BCUT2D eigenvalue weighted by Crippen LogP contribution is -1.89. The van der Waals surface area contributed by atoms with Crippen LogP contribution in [0.2, 0.25) is 0 Å². The van der Waals surface area contributed by atoms with E-state index < -0.39 is 0 Å². The first kappa shape index (κ1) is 16.0. The van der Waals surface area contributed by atoms with Crippen LogP contribution >= 0.6 is 0 Å². The van der Waals surface area contributed by atoms with E-state index in [2.05, 4.69) is 60.3 Å². The highest BCUT2D eigenvalue weighted by molar-refractivity contribution is 5.40. The molecule has 0 saturated heterocycles. The summed E-state index contributed by atoms with van der Waals surface area (Å²) in [6.07, 6.45) is 8.83. The molecule has 0 heteroatoms. The standard InChI is InChI=1S/C17H28/c1-8-10-14(5)16(7)15(6)12-17(9-2)11-13(3)4/h9,11-13H,2,8,10H2,1,3-7H3/b15-12+,16-14+,17-11-. The smallest absolute Gasteiger partial charge is 0.0281 e. The van der Waals surface area contributed by atoms with Crippen molar-refractivity contribution < 1.29 is 0 Å². The first-order chi connectivity index (χ1) is 7.92. The van der Waals surface area contributed by atoms with Gasteiger partial charge in [0.15, 0.2) is 0 Å². The third kappa shape index (κ3) is 6.31. The van der Waals surface area contributed by atoms with Crippen LogP contribution in [-0.2, 0) is 0 Å². The summed E-state index contributed by atoms with van der Waals surface area (Å²) in [6.45, 7) is 17.1. The highest BCUT2D eigenvalue weighted by Crippen LogP contribution is 2.19. The quantitative estimate of drug-likeness (QED) is 0.505. The Hall–Kier alpha value is -1.04. The molecule has 0 fully saturated rings. The van der Waals surface area contributed by atoms with E-state index in [0.29, 0.717) is 5.92 Å². The number of hydrogen-bond acceptors (Lipinski definition) is 0. The Morgan fingerprint density at radius 2 is 1.76 bits per heavy atom. The summed E-state index contributed by atoms with van der Waals surface area (Å²) in [6, 6.07) is 0. The lowest BCUT2D eigenvalue weighted by molar-refractivity contribution is 0.827. The van der Waals surface area contributed by atoms with Crippen LogP contribution in [0.3, 0.4) is 0 Å². The van der Waals surface area contributed by atoms with E-state index in [-0.39, 0.29) is 0 Å². The predicted molar refractivity (Wildman–Crippen MR) is 80.2 cm³/mol. The van der Waals surface area contributed by atoms with Gasteiger partial charge in [-0.05, 0) is 49.8 Å². The van der Waals surface area contributed by atoms with Gasteiger partial charge in [-0.3, -0.25) is 0 Å². The third-order valence-electron chi connectivity index (χ3n) is 3.00. The molecule has 17 heavy (non-hydrogen) atoms. The van der Waals surface area contributed by atoms with Crippen molar-refractivity contribution in [3.05, 3.63) is 47.1 Å². The van der Waals surface area contributed by atoms with Crippen LogP contribution < -0.4 is 0 Å². The van der Waals surface area contributed by atoms with Crippen LogP contribution in [0.15, 0.2) is 47.1 Å². The number of rotatable bonds is 6. The Morgan fingerprint density at radius 1 is 1.18 bits per heavy atom. The summed E-state index contributed by atoms with van der Waals surface area (Å²) in [5.41, 5.74) is 5.49. The molecule has 0 heterocycles. The Morgan fingerprint density at radius 3 is 2.18 bits per heavy atom. The zero-order chi connectivity index (χ0) is 13.4. The van der Waals surface area contributed by atoms with Crippen molar-refractivity contribution in [2.24, 2.45) is 5.92 Å². The van der Waals surface area contributed by atoms with Gasteiger partial charge in [-0.2, -0.15) is 0 Å². The van der Waals surface area contributed by atoms with Gasteiger partial charge < -0.3 is 0 Å². The molecule has 0 amide bonds. The summed E-state index contributed by atoms with van der Waals surface area (Å²) in [5.74, 6) is 0.563. The predicted octanol–water partition coefficient (Wildman–Crippen LogP) is 5.84. The lowest BCUT2D eigenvalue weighted by Gasteiger charge is -2.08. The minimum atomic E-state index is 0.563. The van der Waals surface area contributed by atoms with Crippen LogP contribution in [0, 0.1) is 5.92 Å². The van der Waals surface area contributed by atoms with Gasteiger partial charge in [0.1, 0.15) is 0 Å². The molecule has 0 aliphatic carbocycles. The van der Waals surface area contributed by atoms with Crippen LogP contribution in [0.4, 0.5) is 0 Å². The van der Waals surface area contributed by atoms with Gasteiger partial charge in [0.2, 0.25) is 0 Å². The van der Waals surface area contributed by atoms with Crippen molar-refractivity contribution in [1.29, 1.82) is 0 Å². The van der Waals surface area contributed by atoms with Crippen molar-refractivity contribution in [2.75, 3.05) is 0 Å². The maximum Gasteiger partial charge on any atom is -0.0281 e. The molecule has 0 aliphatic heterocycles. The topological polar surface area (TPSA) is 0 Å². The summed E-state index contributed by atoms with van der Waals surface area (Å²) in [7, 11) is 0. The monoisotopic (exact) mass is 232 g/mol. The van der Waals surface area contributed by atoms with Crippen LogP contribution in [0.1, 0.15) is 54.4 Å². The second kappa shape index (κ2) is 8.11. The molecular weight excluding hydrogens is 204 g/mol. The lowest BCUT2D eigenvalue weighted by atomic mass is 9.98. The molecule has 0 spiro atoms. The largest absolute Gasteiger partial charge is 0.0985 e. The van der Waals surface area contributed by atoms with E-state index >= 15 is 0 Å². The van der Waals surface area contributed by atoms with Crippen molar-refractivity contribution in [3.8, 4) is 0 Å². The molecule has 0 nitrogen and oxygen atoms in total. The zero-order valence-electron chi connectivity index (χ0n) is 12.4. The Labute approximate surface area is 108 Å². The molecule has 96 valence electrons. The van der Waals surface area contributed by atoms with Gasteiger partial charge in [-0.15, -0.1) is 0 Å². The molecule has 0 saturated carbocycles. The first-order valence-corrected chi connectivity index (χ1v) is 6.61. The van der Waals surface area contributed by atoms with Gasteiger partial charge in [-0.25, -0.2) is 0 Å². The van der Waals surface area contributed by atoms with E-state index in [0.717, 1.165) is 0 Å². The van der Waals surface area contributed by atoms with E-state index in [4.69, 9.17) is 0 Å². The SMILES string of the molecule is C=CC(=C/C(C)C)/C=C(C)/C(C)=C(\C)CCC. The molecule has 0 N–H and O–H groups in total. The highest BCUT2D eigenvalue weighted by Gasteiger charge is 2.00. The third-order valence-corrected chi connectivity index (χ3v) is 3.00. The van der Waals surface area contributed by atoms with Crippen LogP contribution in [0.5, 0.6) is 0 Å². The molecule has 0 aromatic heterocycles. The Bertz CT molecular complexity index is 335. The summed E-state index contributed by atoms with van der Waals surface area (Å²) < 4.78 is 0. The molecule has 0 atom stereocenters. The van der Waals surface area contributed by atoms with Gasteiger partial charge in [0.25, 0.3) is 0 Å². The minimum Gasteiger partial charge on any atom is -0.0985 e. The molecule has 0 aromatic carbocycles. The number of allylic oxidation sites excluding steroid dienone is 7. The second-order valence-corrected chi connectivity index (χ2v) is 5.10. The van der Waals surface area contributed by atoms with Crippen molar-refractivity contribution in [3.63, 3.8) is 0 Å². The summed E-state index contributed by atoms with van der Waals surface area (Å²) >= 11 is 0. The van der Waals surface area contributed by atoms with E-state index in [1.165, 1.54) is 35.1 Å². The molecule has 0 rings (SSSR count). The van der Waals surface area contributed by atoms with E-state index in [1.807, 2.05) is 6.08 Å². The van der Waals surface area contributed by atoms with Crippen molar-refractivity contribution in [1.82, 2.24) is 0 Å². The molecule has 0 bridgehead atoms. The van der Waals surface area contributed by atoms with Gasteiger partial charge in [-0.1, -0.05) is 57.6 Å². The maximum atomic E-state index is 3.88. The zero-order valence-corrected chi connectivity index (χ0v) is 12.4. The highest BCUT2D eigenvalue weighted by atomic mass is 14.1. The average Bonchev–Trinajstić information content (AvgIpc) is 2.26. The summed E-state index contributed by atoms with van der Waals surface area (Å²) in [4.78, 5) is 0. The fourth-order valence-electron chi connectivity index (χ4n) is 1.82. The average molecular weight is 232 g/mol. The molecule has 0 radical (unpaired) electrons. The van der Waals surface area contributed by atoms with E-state index in [1.54, 1.807) is 0 Å². The number of hydrogen-bond donors (Lipinski definition) is 0. The normalized spacial score (nSPS) is 15.0. The fraction of sp³-hybridized carbons (Fsp3) is 0.529. The first-order valence-electron chi connectivity index (χ1n) is 6.61. The fourth-order valence-corrected chi connectivity index (χ4v) is 1.82. The Kier molecular flexibility index (Phi) is 7.61. The maximum absolute atomic E-state index is 3.88. The molecule has 0 aliphatic rings. The molecule has 0 aromatic rings. The second-order valence-electron chi connectivity index (χ2n) is 5.10. The summed E-state index contributed by atoms with van der Waals surface area (Å²) in [5, 5.41) is 0. The Balaban J connectivity index is 5.08. The van der Waals surface area contributed by atoms with Gasteiger partial charge in [0, 0.05) is 0 Å². The van der Waals surface area contributed by atoms with Crippen LogP contribution in [-0.4, -0.2) is 0 Å². The minimum absolute atomic E-state index is 0.563. The van der Waals surface area contributed by atoms with Crippen molar-refractivity contribution in [2.45, 2.75) is 54.4 Å². The molecular formula is C17H28. The molecule has 0 unspecified atom stereocenters.